The van der Waals surface area contributed by atoms with Crippen LogP contribution in [0.3, 0.4) is 0 Å². The van der Waals surface area contributed by atoms with Crippen LogP contribution in [0.25, 0.3) is 0 Å². The lowest BCUT2D eigenvalue weighted by Crippen LogP contribution is -2.28. The van der Waals surface area contributed by atoms with Crippen LogP contribution in [0.2, 0.25) is 5.02 Å². The fourth-order valence-corrected chi connectivity index (χ4v) is 1.38. The number of nitrogens with zero attached hydrogens (tertiary/aromatic N) is 1. The Labute approximate surface area is 103 Å². The van der Waals surface area contributed by atoms with Crippen molar-refractivity contribution >= 4 is 23.0 Å². The van der Waals surface area contributed by atoms with Crippen LogP contribution in [0.4, 0.5) is 15.8 Å². The third-order valence-electron chi connectivity index (χ3n) is 2.31. The topological polar surface area (TPSA) is 81.2 Å². The lowest BCUT2D eigenvalue weighted by Gasteiger charge is -2.12. The highest BCUT2D eigenvalue weighted by molar-refractivity contribution is 6.31. The van der Waals surface area contributed by atoms with E-state index in [0.29, 0.717) is 6.54 Å². The van der Waals surface area contributed by atoms with Gasteiger partial charge < -0.3 is 11.1 Å². The summed E-state index contributed by atoms with van der Waals surface area (Å²) in [5.41, 5.74) is 5.50. The van der Waals surface area contributed by atoms with Crippen LogP contribution in [-0.2, 0) is 0 Å². The molecule has 0 saturated heterocycles. The van der Waals surface area contributed by atoms with Crippen LogP contribution in [0, 0.1) is 15.9 Å². The predicted molar refractivity (Wildman–Crippen MR) is 64.8 cm³/mol. The van der Waals surface area contributed by atoms with Gasteiger partial charge in [0, 0.05) is 12.6 Å². The standard InChI is InChI=1S/C10H13ClFN3O2/c1-2-6(13)5-14-9-3-7(11)8(12)4-10(9)15(16)17/h3-4,6,14H,2,5,13H2,1H3. The first-order valence-corrected chi connectivity index (χ1v) is 5.46. The molecule has 0 aliphatic rings. The molecule has 0 aliphatic carbocycles. The quantitative estimate of drug-likeness (QED) is 0.630. The molecule has 7 heteroatoms. The van der Waals surface area contributed by atoms with Crippen molar-refractivity contribution < 1.29 is 9.31 Å². The van der Waals surface area contributed by atoms with Crippen LogP contribution in [0.15, 0.2) is 12.1 Å². The van der Waals surface area contributed by atoms with Gasteiger partial charge >= 0.3 is 0 Å². The Bertz CT molecular complexity index is 428. The smallest absolute Gasteiger partial charge is 0.295 e. The van der Waals surface area contributed by atoms with Gasteiger partial charge in [-0.25, -0.2) is 4.39 Å². The Kier molecular flexibility index (Phi) is 4.65. The molecule has 1 aromatic rings. The molecule has 0 saturated carbocycles. The molecule has 0 fully saturated rings. The average molecular weight is 262 g/mol. The van der Waals surface area contributed by atoms with Gasteiger partial charge in [0.2, 0.25) is 0 Å². The van der Waals surface area contributed by atoms with Crippen LogP contribution >= 0.6 is 11.6 Å². The molecule has 1 aromatic carbocycles. The first-order chi connectivity index (χ1) is 7.95. The van der Waals surface area contributed by atoms with E-state index in [1.165, 1.54) is 6.07 Å². The van der Waals surface area contributed by atoms with E-state index in [2.05, 4.69) is 5.32 Å². The molecular formula is C10H13ClFN3O2. The Morgan fingerprint density at radius 3 is 2.82 bits per heavy atom. The second kappa shape index (κ2) is 5.79. The number of nitro benzene ring substituents is 1. The molecule has 17 heavy (non-hydrogen) atoms. The monoisotopic (exact) mass is 261 g/mol. The zero-order valence-electron chi connectivity index (χ0n) is 9.24. The van der Waals surface area contributed by atoms with Crippen molar-refractivity contribution in [2.24, 2.45) is 5.73 Å². The molecule has 5 nitrogen and oxygen atoms in total. The Morgan fingerprint density at radius 2 is 2.29 bits per heavy atom. The second-order valence-electron chi connectivity index (χ2n) is 3.59. The maximum Gasteiger partial charge on any atom is 0.295 e. The summed E-state index contributed by atoms with van der Waals surface area (Å²) in [5, 5.41) is 13.4. The van der Waals surface area contributed by atoms with Crippen molar-refractivity contribution in [2.45, 2.75) is 19.4 Å². The molecule has 1 atom stereocenters. The van der Waals surface area contributed by atoms with Gasteiger partial charge in [0.25, 0.3) is 5.69 Å². The molecule has 94 valence electrons. The van der Waals surface area contributed by atoms with Gasteiger partial charge in [-0.2, -0.15) is 0 Å². The minimum atomic E-state index is -0.816. The number of halogens is 2. The number of rotatable bonds is 5. The number of nitrogens with two attached hydrogens (primary N) is 1. The van der Waals surface area contributed by atoms with E-state index in [-0.39, 0.29) is 22.4 Å². The summed E-state index contributed by atoms with van der Waals surface area (Å²) >= 11 is 5.57. The highest BCUT2D eigenvalue weighted by Gasteiger charge is 2.17. The van der Waals surface area contributed by atoms with Gasteiger partial charge in [-0.3, -0.25) is 10.1 Å². The molecule has 0 spiro atoms. The minimum absolute atomic E-state index is 0.126. The van der Waals surface area contributed by atoms with Crippen molar-refractivity contribution in [3.8, 4) is 0 Å². The van der Waals surface area contributed by atoms with Gasteiger partial charge in [-0.1, -0.05) is 18.5 Å². The Hall–Kier alpha value is -1.40. The number of nitrogens with one attached hydrogen (secondary N) is 1. The lowest BCUT2D eigenvalue weighted by molar-refractivity contribution is -0.384. The van der Waals surface area contributed by atoms with Crippen LogP contribution in [0.1, 0.15) is 13.3 Å². The second-order valence-corrected chi connectivity index (χ2v) is 4.00. The van der Waals surface area contributed by atoms with E-state index >= 15 is 0 Å². The van der Waals surface area contributed by atoms with E-state index < -0.39 is 10.7 Å². The molecular weight excluding hydrogens is 249 g/mol. The summed E-state index contributed by atoms with van der Waals surface area (Å²) in [6, 6.07) is 1.86. The molecule has 0 amide bonds. The van der Waals surface area contributed by atoms with E-state index in [4.69, 9.17) is 17.3 Å². The maximum atomic E-state index is 13.1. The van der Waals surface area contributed by atoms with Crippen molar-refractivity contribution in [2.75, 3.05) is 11.9 Å². The largest absolute Gasteiger partial charge is 0.378 e. The molecule has 0 radical (unpaired) electrons. The van der Waals surface area contributed by atoms with E-state index in [9.17, 15) is 14.5 Å². The fourth-order valence-electron chi connectivity index (χ4n) is 1.21. The summed E-state index contributed by atoms with van der Waals surface area (Å²) in [4.78, 5) is 10.1. The molecule has 0 heterocycles. The van der Waals surface area contributed by atoms with Crippen molar-refractivity contribution in [3.05, 3.63) is 33.1 Å². The number of anilines is 1. The van der Waals surface area contributed by atoms with Gasteiger partial charge in [0.15, 0.2) is 0 Å². The fraction of sp³-hybridized carbons (Fsp3) is 0.400. The summed E-state index contributed by atoms with van der Waals surface area (Å²) in [6.07, 6.45) is 0.732. The lowest BCUT2D eigenvalue weighted by atomic mass is 10.2. The van der Waals surface area contributed by atoms with Crippen molar-refractivity contribution in [1.82, 2.24) is 0 Å². The third-order valence-corrected chi connectivity index (χ3v) is 2.60. The predicted octanol–water partition coefficient (Wildman–Crippen LogP) is 2.54. The zero-order valence-corrected chi connectivity index (χ0v) is 10.00. The summed E-state index contributed by atoms with van der Waals surface area (Å²) in [6.45, 7) is 2.26. The SMILES string of the molecule is CCC(N)CNc1cc(Cl)c(F)cc1[N+](=O)[O-]. The number of benzene rings is 1. The van der Waals surface area contributed by atoms with Crippen LogP contribution in [0.5, 0.6) is 0 Å². The first-order valence-electron chi connectivity index (χ1n) is 5.08. The molecule has 1 unspecified atom stereocenters. The normalized spacial score (nSPS) is 12.2. The molecule has 1 rings (SSSR count). The highest BCUT2D eigenvalue weighted by Crippen LogP contribution is 2.30. The highest BCUT2D eigenvalue weighted by atomic mass is 35.5. The third kappa shape index (κ3) is 3.54. The van der Waals surface area contributed by atoms with E-state index in [1.807, 2.05) is 6.92 Å². The van der Waals surface area contributed by atoms with Crippen molar-refractivity contribution in [1.29, 1.82) is 0 Å². The Morgan fingerprint density at radius 1 is 1.65 bits per heavy atom. The van der Waals surface area contributed by atoms with E-state index in [1.54, 1.807) is 0 Å². The van der Waals surface area contributed by atoms with Gasteiger partial charge in [0.05, 0.1) is 16.0 Å². The Balaban J connectivity index is 2.96. The zero-order chi connectivity index (χ0) is 13.0. The summed E-state index contributed by atoms with van der Waals surface area (Å²) < 4.78 is 13.1. The van der Waals surface area contributed by atoms with Crippen LogP contribution < -0.4 is 11.1 Å². The minimum Gasteiger partial charge on any atom is -0.378 e. The summed E-state index contributed by atoms with van der Waals surface area (Å²) in [5.74, 6) is -0.816. The number of nitro groups is 1. The van der Waals surface area contributed by atoms with Crippen LogP contribution in [-0.4, -0.2) is 17.5 Å². The van der Waals surface area contributed by atoms with E-state index in [0.717, 1.165) is 12.5 Å². The van der Waals surface area contributed by atoms with Gasteiger partial charge in [-0.05, 0) is 12.5 Å². The van der Waals surface area contributed by atoms with Gasteiger partial charge in [0.1, 0.15) is 11.5 Å². The molecule has 0 aromatic heterocycles. The number of hydrogen-bond donors (Lipinski definition) is 2. The summed E-state index contributed by atoms with van der Waals surface area (Å²) in [7, 11) is 0. The first kappa shape index (κ1) is 13.7. The van der Waals surface area contributed by atoms with Crippen molar-refractivity contribution in [3.63, 3.8) is 0 Å². The maximum absolute atomic E-state index is 13.1. The molecule has 0 bridgehead atoms. The number of hydrogen-bond acceptors (Lipinski definition) is 4. The molecule has 0 aliphatic heterocycles. The average Bonchev–Trinajstić information content (AvgIpc) is 2.29. The molecule has 3 N–H and O–H groups in total. The van der Waals surface area contributed by atoms with Gasteiger partial charge in [-0.15, -0.1) is 0 Å².